The molecule has 0 fully saturated rings. The van der Waals surface area contributed by atoms with E-state index in [4.69, 9.17) is 9.47 Å². The summed E-state index contributed by atoms with van der Waals surface area (Å²) < 4.78 is 12.2. The van der Waals surface area contributed by atoms with E-state index in [1.807, 2.05) is 19.1 Å². The number of rotatable bonds is 7. The fraction of sp³-hybridized carbons (Fsp3) is 0.143. The van der Waals surface area contributed by atoms with Gasteiger partial charge in [-0.05, 0) is 42.8 Å². The highest BCUT2D eigenvalue weighted by atomic mass is 32.1. The molecule has 0 aliphatic carbocycles. The van der Waals surface area contributed by atoms with Gasteiger partial charge in [0.2, 0.25) is 5.88 Å². The van der Waals surface area contributed by atoms with E-state index in [1.165, 1.54) is 17.7 Å². The molecule has 0 spiro atoms. The lowest BCUT2D eigenvalue weighted by molar-refractivity contribution is -0.119. The van der Waals surface area contributed by atoms with E-state index in [1.54, 1.807) is 42.6 Å². The molecule has 0 bridgehead atoms. The number of carbonyl (C=O) groups is 1. The summed E-state index contributed by atoms with van der Waals surface area (Å²) in [5.41, 5.74) is 2.17. The highest BCUT2D eigenvalue weighted by molar-refractivity contribution is 7.18. The SMILES string of the molecule is CCc1cc2c(=O)n(NC(=O)COc3ccc(Oc4ccccn4)cc3)cnc2s1. The number of nitrogens with zero attached hydrogens (tertiary/aromatic N) is 3. The Bertz CT molecular complexity index is 1220. The van der Waals surface area contributed by atoms with Crippen LogP contribution in [0.3, 0.4) is 0 Å². The average Bonchev–Trinajstić information content (AvgIpc) is 3.20. The number of benzene rings is 1. The molecule has 0 saturated carbocycles. The minimum absolute atomic E-state index is 0.255. The number of amides is 1. The number of thiophene rings is 1. The van der Waals surface area contributed by atoms with E-state index in [9.17, 15) is 9.59 Å². The Morgan fingerprint density at radius 3 is 2.67 bits per heavy atom. The topological polar surface area (TPSA) is 95.3 Å². The number of hydrogen-bond acceptors (Lipinski definition) is 7. The van der Waals surface area contributed by atoms with E-state index >= 15 is 0 Å². The fourth-order valence-electron chi connectivity index (χ4n) is 2.67. The van der Waals surface area contributed by atoms with Crippen molar-refractivity contribution in [2.75, 3.05) is 12.0 Å². The van der Waals surface area contributed by atoms with Gasteiger partial charge in [0.15, 0.2) is 6.61 Å². The quantitative estimate of drug-likeness (QED) is 0.491. The van der Waals surface area contributed by atoms with Gasteiger partial charge < -0.3 is 9.47 Å². The third-order valence-electron chi connectivity index (χ3n) is 4.15. The van der Waals surface area contributed by atoms with Crippen LogP contribution in [-0.4, -0.2) is 27.2 Å². The van der Waals surface area contributed by atoms with Gasteiger partial charge in [-0.2, -0.15) is 0 Å². The number of carbonyl (C=O) groups excluding carboxylic acids is 1. The summed E-state index contributed by atoms with van der Waals surface area (Å²) in [4.78, 5) is 34.7. The van der Waals surface area contributed by atoms with Gasteiger partial charge in [0.1, 0.15) is 22.7 Å². The minimum Gasteiger partial charge on any atom is -0.484 e. The largest absolute Gasteiger partial charge is 0.484 e. The summed E-state index contributed by atoms with van der Waals surface area (Å²) in [6.07, 6.45) is 3.78. The molecule has 1 aromatic carbocycles. The van der Waals surface area contributed by atoms with Crippen molar-refractivity contribution >= 4 is 27.5 Å². The van der Waals surface area contributed by atoms with Gasteiger partial charge in [-0.25, -0.2) is 14.6 Å². The third kappa shape index (κ3) is 4.47. The summed E-state index contributed by atoms with van der Waals surface area (Å²) >= 11 is 1.47. The molecule has 8 nitrogen and oxygen atoms in total. The van der Waals surface area contributed by atoms with Gasteiger partial charge in [0.25, 0.3) is 11.5 Å². The Balaban J connectivity index is 1.35. The van der Waals surface area contributed by atoms with Crippen molar-refractivity contribution in [3.63, 3.8) is 0 Å². The number of aromatic nitrogens is 3. The maximum atomic E-state index is 12.5. The summed E-state index contributed by atoms with van der Waals surface area (Å²) in [7, 11) is 0. The van der Waals surface area contributed by atoms with Crippen molar-refractivity contribution in [2.24, 2.45) is 0 Å². The van der Waals surface area contributed by atoms with Crippen LogP contribution in [0.1, 0.15) is 11.8 Å². The van der Waals surface area contributed by atoms with Crippen molar-refractivity contribution in [1.82, 2.24) is 14.6 Å². The first-order chi connectivity index (χ1) is 14.6. The standard InChI is InChI=1S/C21H18N4O4S/c1-2-16-11-17-20(30-16)23-13-25(21(17)27)24-18(26)12-28-14-6-8-15(9-7-14)29-19-5-3-4-10-22-19/h3-11,13H,2,12H2,1H3,(H,24,26). The Hall–Kier alpha value is -3.72. The summed E-state index contributed by atoms with van der Waals surface area (Å²) in [6.45, 7) is 1.76. The van der Waals surface area contributed by atoms with E-state index in [2.05, 4.69) is 15.4 Å². The molecule has 0 atom stereocenters. The van der Waals surface area contributed by atoms with Crippen LogP contribution in [0.5, 0.6) is 17.4 Å². The molecule has 0 radical (unpaired) electrons. The van der Waals surface area contributed by atoms with Crippen LogP contribution in [0.15, 0.2) is 65.8 Å². The first kappa shape index (κ1) is 19.6. The predicted octanol–water partition coefficient (Wildman–Crippen LogP) is 3.36. The molecule has 1 N–H and O–H groups in total. The smallest absolute Gasteiger partial charge is 0.280 e. The molecule has 0 aliphatic rings. The molecule has 9 heteroatoms. The number of nitrogens with one attached hydrogen (secondary N) is 1. The monoisotopic (exact) mass is 422 g/mol. The summed E-state index contributed by atoms with van der Waals surface area (Å²) in [5, 5.41) is 0.490. The Morgan fingerprint density at radius 1 is 1.13 bits per heavy atom. The molecule has 3 heterocycles. The van der Waals surface area contributed by atoms with Gasteiger partial charge in [0.05, 0.1) is 5.39 Å². The molecule has 3 aromatic heterocycles. The van der Waals surface area contributed by atoms with Crippen LogP contribution in [0, 0.1) is 0 Å². The second-order valence-corrected chi connectivity index (χ2v) is 7.39. The maximum Gasteiger partial charge on any atom is 0.280 e. The van der Waals surface area contributed by atoms with Crippen LogP contribution in [-0.2, 0) is 11.2 Å². The lowest BCUT2D eigenvalue weighted by Crippen LogP contribution is -2.35. The highest BCUT2D eigenvalue weighted by Crippen LogP contribution is 2.22. The normalized spacial score (nSPS) is 10.7. The molecule has 1 amide bonds. The number of fused-ring (bicyclic) bond motifs is 1. The van der Waals surface area contributed by atoms with Gasteiger partial charge in [-0.15, -0.1) is 11.3 Å². The van der Waals surface area contributed by atoms with Gasteiger partial charge in [-0.1, -0.05) is 13.0 Å². The zero-order chi connectivity index (χ0) is 20.9. The van der Waals surface area contributed by atoms with Crippen LogP contribution in [0.25, 0.3) is 10.2 Å². The first-order valence-corrected chi connectivity index (χ1v) is 10.1. The second kappa shape index (κ2) is 8.75. The zero-order valence-electron chi connectivity index (χ0n) is 16.1. The molecule has 4 rings (SSSR count). The first-order valence-electron chi connectivity index (χ1n) is 9.24. The molecule has 4 aromatic rings. The number of pyridine rings is 1. The summed E-state index contributed by atoms with van der Waals surface area (Å²) in [5.74, 6) is 1.10. The van der Waals surface area contributed by atoms with E-state index in [-0.39, 0.29) is 12.2 Å². The van der Waals surface area contributed by atoms with Crippen LogP contribution >= 0.6 is 11.3 Å². The molecule has 0 aliphatic heterocycles. The molecule has 0 unspecified atom stereocenters. The Kier molecular flexibility index (Phi) is 5.71. The van der Waals surface area contributed by atoms with Crippen molar-refractivity contribution in [3.8, 4) is 17.4 Å². The number of ether oxygens (including phenoxy) is 2. The van der Waals surface area contributed by atoms with Crippen LogP contribution in [0.2, 0.25) is 0 Å². The predicted molar refractivity (Wildman–Crippen MR) is 114 cm³/mol. The van der Waals surface area contributed by atoms with Crippen molar-refractivity contribution in [1.29, 1.82) is 0 Å². The fourth-order valence-corrected chi connectivity index (χ4v) is 3.60. The second-order valence-electron chi connectivity index (χ2n) is 6.27. The van der Waals surface area contributed by atoms with Crippen molar-refractivity contribution in [2.45, 2.75) is 13.3 Å². The number of aryl methyl sites for hydroxylation is 1. The van der Waals surface area contributed by atoms with E-state index in [0.717, 1.165) is 16.0 Å². The maximum absolute atomic E-state index is 12.5. The lowest BCUT2D eigenvalue weighted by Gasteiger charge is -2.09. The molecule has 0 saturated heterocycles. The van der Waals surface area contributed by atoms with Gasteiger partial charge >= 0.3 is 0 Å². The number of hydrogen-bond donors (Lipinski definition) is 1. The van der Waals surface area contributed by atoms with Crippen LogP contribution in [0.4, 0.5) is 0 Å². The highest BCUT2D eigenvalue weighted by Gasteiger charge is 2.11. The van der Waals surface area contributed by atoms with E-state index < -0.39 is 5.91 Å². The lowest BCUT2D eigenvalue weighted by atomic mass is 10.3. The zero-order valence-corrected chi connectivity index (χ0v) is 16.9. The molecule has 152 valence electrons. The third-order valence-corrected chi connectivity index (χ3v) is 5.34. The van der Waals surface area contributed by atoms with E-state index in [0.29, 0.717) is 27.6 Å². The Labute approximate surface area is 175 Å². The molecular formula is C21H18N4O4S. The van der Waals surface area contributed by atoms with Gasteiger partial charge in [-0.3, -0.25) is 15.0 Å². The van der Waals surface area contributed by atoms with Crippen molar-refractivity contribution < 1.29 is 14.3 Å². The summed E-state index contributed by atoms with van der Waals surface area (Å²) in [6, 6.07) is 14.0. The minimum atomic E-state index is -0.474. The Morgan fingerprint density at radius 2 is 1.93 bits per heavy atom. The molecular weight excluding hydrogens is 404 g/mol. The van der Waals surface area contributed by atoms with Crippen molar-refractivity contribution in [3.05, 3.63) is 76.3 Å². The van der Waals surface area contributed by atoms with Gasteiger partial charge in [0, 0.05) is 17.1 Å². The molecule has 30 heavy (non-hydrogen) atoms. The average molecular weight is 422 g/mol. The van der Waals surface area contributed by atoms with Crippen LogP contribution < -0.4 is 20.5 Å².